The SMILES string of the molecule is O=C(O)c1ccc(CSc2nc3ccccc3o2)o1. The summed E-state index contributed by atoms with van der Waals surface area (Å²) < 4.78 is 10.7. The quantitative estimate of drug-likeness (QED) is 0.735. The van der Waals surface area contributed by atoms with Crippen molar-refractivity contribution in [3.8, 4) is 0 Å². The van der Waals surface area contributed by atoms with E-state index in [2.05, 4.69) is 4.98 Å². The van der Waals surface area contributed by atoms with Crippen LogP contribution in [0.25, 0.3) is 11.1 Å². The van der Waals surface area contributed by atoms with Gasteiger partial charge in [0.1, 0.15) is 11.3 Å². The smallest absolute Gasteiger partial charge is 0.371 e. The Morgan fingerprint density at radius 3 is 2.79 bits per heavy atom. The molecule has 5 nitrogen and oxygen atoms in total. The number of carboxylic acid groups (broad SMARTS) is 1. The number of thioether (sulfide) groups is 1. The summed E-state index contributed by atoms with van der Waals surface area (Å²) in [6, 6.07) is 10.6. The second kappa shape index (κ2) is 4.81. The third-order valence-electron chi connectivity index (χ3n) is 2.48. The van der Waals surface area contributed by atoms with Crippen LogP contribution in [0.4, 0.5) is 0 Å². The van der Waals surface area contributed by atoms with Crippen molar-refractivity contribution in [1.82, 2.24) is 4.98 Å². The van der Waals surface area contributed by atoms with E-state index in [9.17, 15) is 4.79 Å². The van der Waals surface area contributed by atoms with Gasteiger partial charge in [0.2, 0.25) is 5.76 Å². The Kier molecular flexibility index (Phi) is 3.00. The maximum absolute atomic E-state index is 10.7. The molecule has 0 amide bonds. The van der Waals surface area contributed by atoms with Crippen LogP contribution in [0.15, 0.2) is 50.5 Å². The summed E-state index contributed by atoms with van der Waals surface area (Å²) >= 11 is 1.36. The maximum Gasteiger partial charge on any atom is 0.371 e. The van der Waals surface area contributed by atoms with Crippen LogP contribution in [0.1, 0.15) is 16.3 Å². The van der Waals surface area contributed by atoms with Gasteiger partial charge in [0.05, 0.1) is 5.75 Å². The summed E-state index contributed by atoms with van der Waals surface area (Å²) in [6.07, 6.45) is 0. The fourth-order valence-electron chi connectivity index (χ4n) is 1.62. The minimum atomic E-state index is -1.07. The maximum atomic E-state index is 10.7. The van der Waals surface area contributed by atoms with Gasteiger partial charge in [-0.2, -0.15) is 0 Å². The van der Waals surface area contributed by atoms with E-state index in [1.807, 2.05) is 24.3 Å². The molecule has 0 bridgehead atoms. The lowest BCUT2D eigenvalue weighted by Crippen LogP contribution is -1.91. The largest absolute Gasteiger partial charge is 0.475 e. The third-order valence-corrected chi connectivity index (χ3v) is 3.34. The van der Waals surface area contributed by atoms with Gasteiger partial charge < -0.3 is 13.9 Å². The Labute approximate surface area is 112 Å². The van der Waals surface area contributed by atoms with Gasteiger partial charge in [0, 0.05) is 0 Å². The lowest BCUT2D eigenvalue weighted by Gasteiger charge is -1.92. The van der Waals surface area contributed by atoms with E-state index >= 15 is 0 Å². The lowest BCUT2D eigenvalue weighted by molar-refractivity contribution is 0.0661. The molecule has 3 aromatic rings. The molecule has 6 heteroatoms. The molecular formula is C13H9NO4S. The number of aromatic carboxylic acids is 1. The predicted molar refractivity (Wildman–Crippen MR) is 69.2 cm³/mol. The Morgan fingerprint density at radius 1 is 1.21 bits per heavy atom. The molecule has 0 unspecified atom stereocenters. The molecule has 1 aromatic carbocycles. The van der Waals surface area contributed by atoms with Crippen LogP contribution in [0.5, 0.6) is 0 Å². The molecule has 2 aromatic heterocycles. The van der Waals surface area contributed by atoms with E-state index in [0.29, 0.717) is 16.7 Å². The molecule has 0 aliphatic heterocycles. The monoisotopic (exact) mass is 275 g/mol. The number of nitrogens with zero attached hydrogens (tertiary/aromatic N) is 1. The summed E-state index contributed by atoms with van der Waals surface area (Å²) in [5, 5.41) is 9.28. The van der Waals surface area contributed by atoms with Crippen LogP contribution >= 0.6 is 11.8 Å². The highest BCUT2D eigenvalue weighted by molar-refractivity contribution is 7.98. The van der Waals surface area contributed by atoms with Crippen LogP contribution in [0.3, 0.4) is 0 Å². The van der Waals surface area contributed by atoms with E-state index in [-0.39, 0.29) is 5.76 Å². The zero-order valence-electron chi connectivity index (χ0n) is 9.70. The van der Waals surface area contributed by atoms with Gasteiger partial charge in [-0.25, -0.2) is 9.78 Å². The molecule has 0 atom stereocenters. The van der Waals surface area contributed by atoms with Crippen LogP contribution in [-0.4, -0.2) is 16.1 Å². The van der Waals surface area contributed by atoms with Gasteiger partial charge in [0.25, 0.3) is 5.22 Å². The lowest BCUT2D eigenvalue weighted by atomic mass is 10.3. The first kappa shape index (κ1) is 11.9. The van der Waals surface area contributed by atoms with Crippen molar-refractivity contribution in [3.05, 3.63) is 47.9 Å². The Morgan fingerprint density at radius 2 is 2.05 bits per heavy atom. The van der Waals surface area contributed by atoms with Crippen molar-refractivity contribution in [2.24, 2.45) is 0 Å². The van der Waals surface area contributed by atoms with Gasteiger partial charge in [-0.1, -0.05) is 23.9 Å². The summed E-state index contributed by atoms with van der Waals surface area (Å²) in [4.78, 5) is 15.0. The Hall–Kier alpha value is -2.21. The van der Waals surface area contributed by atoms with Crippen molar-refractivity contribution in [2.75, 3.05) is 0 Å². The normalized spacial score (nSPS) is 10.9. The predicted octanol–water partition coefficient (Wildman–Crippen LogP) is 3.41. The van der Waals surface area contributed by atoms with Crippen LogP contribution in [0.2, 0.25) is 0 Å². The van der Waals surface area contributed by atoms with Crippen LogP contribution in [0, 0.1) is 0 Å². The average Bonchev–Trinajstić information content (AvgIpc) is 3.02. The topological polar surface area (TPSA) is 76.5 Å². The molecule has 0 radical (unpaired) electrons. The first-order chi connectivity index (χ1) is 9.22. The van der Waals surface area contributed by atoms with Crippen molar-refractivity contribution in [2.45, 2.75) is 11.0 Å². The molecule has 0 aliphatic rings. The van der Waals surface area contributed by atoms with E-state index in [4.69, 9.17) is 13.9 Å². The van der Waals surface area contributed by atoms with Gasteiger partial charge in [-0.3, -0.25) is 0 Å². The molecule has 0 spiro atoms. The first-order valence-electron chi connectivity index (χ1n) is 5.53. The second-order valence-electron chi connectivity index (χ2n) is 3.81. The number of aromatic nitrogens is 1. The number of hydrogen-bond acceptors (Lipinski definition) is 5. The molecule has 2 heterocycles. The molecule has 0 aliphatic carbocycles. The molecular weight excluding hydrogens is 266 g/mol. The number of fused-ring (bicyclic) bond motifs is 1. The number of benzene rings is 1. The van der Waals surface area contributed by atoms with E-state index in [1.54, 1.807) is 6.07 Å². The summed E-state index contributed by atoms with van der Waals surface area (Å²) in [5.74, 6) is -0.0870. The number of carboxylic acids is 1. The molecule has 0 saturated heterocycles. The average molecular weight is 275 g/mol. The highest BCUT2D eigenvalue weighted by Gasteiger charge is 2.11. The summed E-state index contributed by atoms with van der Waals surface area (Å²) in [5.41, 5.74) is 1.53. The van der Waals surface area contributed by atoms with E-state index < -0.39 is 5.97 Å². The van der Waals surface area contributed by atoms with Crippen molar-refractivity contribution >= 4 is 28.8 Å². The van der Waals surface area contributed by atoms with E-state index in [1.165, 1.54) is 17.8 Å². The standard InChI is InChI=1S/C13H9NO4S/c15-12(16)11-6-5-8(17-11)7-19-13-14-9-3-1-2-4-10(9)18-13/h1-6H,7H2,(H,15,16). The number of hydrogen-bond donors (Lipinski definition) is 1. The number of oxazole rings is 1. The Balaban J connectivity index is 1.72. The summed E-state index contributed by atoms with van der Waals surface area (Å²) in [7, 11) is 0. The second-order valence-corrected chi connectivity index (χ2v) is 4.73. The van der Waals surface area contributed by atoms with Gasteiger partial charge in [0.15, 0.2) is 5.58 Å². The highest BCUT2D eigenvalue weighted by atomic mass is 32.2. The number of carbonyl (C=O) groups is 1. The van der Waals surface area contributed by atoms with Crippen LogP contribution < -0.4 is 0 Å². The Bertz CT molecular complexity index is 698. The molecule has 19 heavy (non-hydrogen) atoms. The number of para-hydroxylation sites is 2. The molecule has 96 valence electrons. The van der Waals surface area contributed by atoms with Crippen molar-refractivity contribution < 1.29 is 18.7 Å². The first-order valence-corrected chi connectivity index (χ1v) is 6.51. The van der Waals surface area contributed by atoms with Gasteiger partial charge in [-0.05, 0) is 24.3 Å². The van der Waals surface area contributed by atoms with Crippen molar-refractivity contribution in [1.29, 1.82) is 0 Å². The number of rotatable bonds is 4. The van der Waals surface area contributed by atoms with Gasteiger partial charge in [-0.15, -0.1) is 0 Å². The fraction of sp³-hybridized carbons (Fsp3) is 0.0769. The summed E-state index contributed by atoms with van der Waals surface area (Å²) in [6.45, 7) is 0. The van der Waals surface area contributed by atoms with E-state index in [0.717, 1.165) is 11.1 Å². The highest BCUT2D eigenvalue weighted by Crippen LogP contribution is 2.26. The van der Waals surface area contributed by atoms with Crippen molar-refractivity contribution in [3.63, 3.8) is 0 Å². The number of furan rings is 1. The van der Waals surface area contributed by atoms with Gasteiger partial charge >= 0.3 is 5.97 Å². The zero-order valence-corrected chi connectivity index (χ0v) is 10.5. The van der Waals surface area contributed by atoms with Crippen LogP contribution in [-0.2, 0) is 5.75 Å². The fourth-order valence-corrected chi connectivity index (χ4v) is 2.35. The minimum Gasteiger partial charge on any atom is -0.475 e. The minimum absolute atomic E-state index is 0.0619. The molecule has 0 fully saturated rings. The zero-order chi connectivity index (χ0) is 13.2. The molecule has 0 saturated carbocycles. The third kappa shape index (κ3) is 2.48. The molecule has 3 rings (SSSR count). The molecule has 1 N–H and O–H groups in total.